The summed E-state index contributed by atoms with van der Waals surface area (Å²) in [6.07, 6.45) is 2.90. The van der Waals surface area contributed by atoms with Gasteiger partial charge in [0.1, 0.15) is 5.82 Å². The zero-order chi connectivity index (χ0) is 24.9. The van der Waals surface area contributed by atoms with E-state index >= 15 is 0 Å². The second-order valence-electron chi connectivity index (χ2n) is 8.67. The van der Waals surface area contributed by atoms with E-state index in [2.05, 4.69) is 0 Å². The predicted molar refractivity (Wildman–Crippen MR) is 138 cm³/mol. The van der Waals surface area contributed by atoms with E-state index in [0.717, 1.165) is 18.4 Å². The van der Waals surface area contributed by atoms with Crippen LogP contribution in [0.2, 0.25) is 5.02 Å². The van der Waals surface area contributed by atoms with Gasteiger partial charge in [0, 0.05) is 31.1 Å². The minimum atomic E-state index is -0.468. The van der Waals surface area contributed by atoms with E-state index in [1.807, 2.05) is 36.4 Å². The van der Waals surface area contributed by atoms with E-state index in [-0.39, 0.29) is 24.6 Å². The first-order valence-corrected chi connectivity index (χ1v) is 12.1. The molecule has 1 aromatic heterocycles. The highest BCUT2D eigenvalue weighted by atomic mass is 35.5. The number of nitrogens with zero attached hydrogens (tertiary/aromatic N) is 3. The molecule has 0 bridgehead atoms. The molecule has 3 aromatic rings. The highest BCUT2D eigenvalue weighted by molar-refractivity contribution is 6.30. The molecule has 2 aromatic carbocycles. The second kappa shape index (κ2) is 10.9. The highest BCUT2D eigenvalue weighted by Crippen LogP contribution is 2.30. The maximum absolute atomic E-state index is 13.2. The van der Waals surface area contributed by atoms with Gasteiger partial charge in [-0.1, -0.05) is 35.9 Å². The summed E-state index contributed by atoms with van der Waals surface area (Å²) in [5.41, 5.74) is 7.37. The summed E-state index contributed by atoms with van der Waals surface area (Å²) in [7, 11) is 1.60. The number of ether oxygens (including phenoxy) is 1. The lowest BCUT2D eigenvalue weighted by Gasteiger charge is -2.19. The van der Waals surface area contributed by atoms with Crippen LogP contribution in [-0.2, 0) is 26.4 Å². The fourth-order valence-corrected chi connectivity index (χ4v) is 4.42. The smallest absolute Gasteiger partial charge is 0.332 e. The Morgan fingerprint density at radius 3 is 2.63 bits per heavy atom. The molecule has 1 aliphatic heterocycles. The van der Waals surface area contributed by atoms with Gasteiger partial charge in [-0.15, -0.1) is 0 Å². The molecule has 0 spiro atoms. The van der Waals surface area contributed by atoms with Crippen LogP contribution in [0.3, 0.4) is 0 Å². The third-order valence-electron chi connectivity index (χ3n) is 6.29. The molecule has 0 saturated heterocycles. The largest absolute Gasteiger partial charge is 0.440 e. The Morgan fingerprint density at radius 2 is 1.91 bits per heavy atom. The zero-order valence-electron chi connectivity index (χ0n) is 19.6. The van der Waals surface area contributed by atoms with Crippen LogP contribution in [0.4, 0.5) is 11.5 Å². The molecular formula is C26H29ClN4O4. The van der Waals surface area contributed by atoms with E-state index in [4.69, 9.17) is 27.1 Å². The van der Waals surface area contributed by atoms with Crippen molar-refractivity contribution in [1.29, 1.82) is 0 Å². The number of benzene rings is 2. The van der Waals surface area contributed by atoms with Gasteiger partial charge in [-0.05, 0) is 61.9 Å². The molecule has 184 valence electrons. The quantitative estimate of drug-likeness (QED) is 0.486. The number of hydrogen-bond acceptors (Lipinski definition) is 6. The van der Waals surface area contributed by atoms with E-state index < -0.39 is 5.69 Å². The second-order valence-corrected chi connectivity index (χ2v) is 9.10. The number of rotatable bonds is 7. The molecule has 8 nitrogen and oxygen atoms in total. The van der Waals surface area contributed by atoms with Crippen molar-refractivity contribution in [3.63, 3.8) is 0 Å². The van der Waals surface area contributed by atoms with Crippen molar-refractivity contribution in [2.75, 3.05) is 12.3 Å². The molecule has 9 heteroatoms. The Kier molecular flexibility index (Phi) is 7.73. The molecule has 0 aliphatic carbocycles. The molecular weight excluding hydrogens is 468 g/mol. The number of aliphatic imine (C=N–C) groups is 1. The normalized spacial score (nSPS) is 15.3. The summed E-state index contributed by atoms with van der Waals surface area (Å²) in [6.45, 7) is 0.0526. The van der Waals surface area contributed by atoms with Crippen LogP contribution >= 0.6 is 11.6 Å². The van der Waals surface area contributed by atoms with Crippen LogP contribution in [0.25, 0.3) is 0 Å². The third kappa shape index (κ3) is 5.49. The average Bonchev–Trinajstić information content (AvgIpc) is 3.03. The zero-order valence-corrected chi connectivity index (χ0v) is 20.4. The number of fused-ring (bicyclic) bond motifs is 1. The lowest BCUT2D eigenvalue weighted by molar-refractivity contribution is 0.277. The number of aliphatic hydroxyl groups is 1. The Balaban J connectivity index is 1.74. The lowest BCUT2D eigenvalue weighted by Crippen LogP contribution is -2.41. The number of hydrogen-bond donors (Lipinski definition) is 2. The van der Waals surface area contributed by atoms with Crippen molar-refractivity contribution in [3.8, 4) is 5.75 Å². The predicted octanol–water partition coefficient (Wildman–Crippen LogP) is 3.47. The van der Waals surface area contributed by atoms with Gasteiger partial charge in [-0.2, -0.15) is 4.99 Å². The fourth-order valence-electron chi connectivity index (χ4n) is 4.30. The molecule has 0 fully saturated rings. The number of aliphatic hydroxyl groups excluding tert-OH is 1. The van der Waals surface area contributed by atoms with Crippen LogP contribution in [-0.4, -0.2) is 26.7 Å². The fraction of sp³-hybridized carbons (Fsp3) is 0.346. The first-order valence-electron chi connectivity index (χ1n) is 11.7. The molecule has 0 amide bonds. The summed E-state index contributed by atoms with van der Waals surface area (Å²) in [6, 6.07) is 14.9. The minimum absolute atomic E-state index is 0.0990. The Labute approximate surface area is 208 Å². The van der Waals surface area contributed by atoms with Crippen molar-refractivity contribution >= 4 is 29.0 Å². The molecule has 4 rings (SSSR count). The van der Waals surface area contributed by atoms with Gasteiger partial charge in [-0.3, -0.25) is 13.9 Å². The van der Waals surface area contributed by atoms with Gasteiger partial charge in [0.25, 0.3) is 5.56 Å². The van der Waals surface area contributed by atoms with Gasteiger partial charge >= 0.3 is 5.69 Å². The minimum Gasteiger partial charge on any atom is -0.440 e. The summed E-state index contributed by atoms with van der Waals surface area (Å²) in [4.78, 5) is 30.9. The van der Waals surface area contributed by atoms with Gasteiger partial charge in [0.05, 0.1) is 11.3 Å². The van der Waals surface area contributed by atoms with Gasteiger partial charge in [-0.25, -0.2) is 4.79 Å². The molecule has 1 unspecified atom stereocenters. The lowest BCUT2D eigenvalue weighted by atomic mass is 9.94. The molecule has 35 heavy (non-hydrogen) atoms. The number of para-hydroxylation sites is 2. The SMILES string of the molecule is Cn1c2c(c(=O)n(CCCO)c1=O)CCC(CCc1ccc(Cl)cc1)C(Oc1ccccc1N)=N2. The maximum Gasteiger partial charge on any atom is 0.332 e. The third-order valence-corrected chi connectivity index (χ3v) is 6.54. The number of nitrogens with two attached hydrogens (primary N) is 1. The number of anilines is 1. The van der Waals surface area contributed by atoms with Gasteiger partial charge in [0.2, 0.25) is 0 Å². The van der Waals surface area contributed by atoms with Crippen LogP contribution in [0, 0.1) is 5.92 Å². The monoisotopic (exact) mass is 496 g/mol. The van der Waals surface area contributed by atoms with Crippen LogP contribution in [0.15, 0.2) is 63.1 Å². The topological polar surface area (TPSA) is 112 Å². The summed E-state index contributed by atoms with van der Waals surface area (Å²) in [5, 5.41) is 9.86. The summed E-state index contributed by atoms with van der Waals surface area (Å²) >= 11 is 6.02. The van der Waals surface area contributed by atoms with Crippen molar-refractivity contribution in [2.45, 2.75) is 38.6 Å². The van der Waals surface area contributed by atoms with Crippen molar-refractivity contribution in [2.24, 2.45) is 18.0 Å². The molecule has 1 aliphatic rings. The molecule has 3 N–H and O–H groups in total. The molecule has 1 atom stereocenters. The first-order chi connectivity index (χ1) is 16.9. The Hall–Kier alpha value is -3.36. The number of nitrogen functional groups attached to an aromatic ring is 1. The molecule has 2 heterocycles. The standard InChI is InChI=1S/C26H29ClN4O4/c1-30-23-20(25(33)31(26(30)34)15-4-16-32)14-11-18(10-7-17-8-12-19(27)13-9-17)24(29-23)35-22-6-3-2-5-21(22)28/h2-3,5-6,8-9,12-13,18,32H,4,7,10-11,14-16,28H2,1H3. The molecule has 0 saturated carbocycles. The van der Waals surface area contributed by atoms with E-state index in [0.29, 0.717) is 53.0 Å². The van der Waals surface area contributed by atoms with Crippen molar-refractivity contribution in [1.82, 2.24) is 9.13 Å². The van der Waals surface area contributed by atoms with E-state index in [9.17, 15) is 14.7 Å². The Bertz CT molecular complexity index is 1340. The Morgan fingerprint density at radius 1 is 1.17 bits per heavy atom. The summed E-state index contributed by atoms with van der Waals surface area (Å²) < 4.78 is 8.78. The van der Waals surface area contributed by atoms with Crippen LogP contribution in [0.5, 0.6) is 5.75 Å². The number of aryl methyl sites for hydroxylation is 1. The highest BCUT2D eigenvalue weighted by Gasteiger charge is 2.27. The van der Waals surface area contributed by atoms with Crippen molar-refractivity contribution in [3.05, 3.63) is 85.5 Å². The molecule has 0 radical (unpaired) electrons. The van der Waals surface area contributed by atoms with E-state index in [1.165, 1.54) is 9.13 Å². The van der Waals surface area contributed by atoms with Crippen LogP contribution < -0.4 is 21.7 Å². The van der Waals surface area contributed by atoms with Gasteiger partial charge in [0.15, 0.2) is 11.6 Å². The van der Waals surface area contributed by atoms with Crippen molar-refractivity contribution < 1.29 is 9.84 Å². The van der Waals surface area contributed by atoms with E-state index in [1.54, 1.807) is 19.2 Å². The average molecular weight is 497 g/mol. The maximum atomic E-state index is 13.2. The van der Waals surface area contributed by atoms with Crippen LogP contribution in [0.1, 0.15) is 30.4 Å². The number of halogens is 1. The van der Waals surface area contributed by atoms with Gasteiger partial charge < -0.3 is 15.6 Å². The number of aromatic nitrogens is 2. The summed E-state index contributed by atoms with van der Waals surface area (Å²) in [5.74, 6) is 1.11. The first kappa shape index (κ1) is 24.8.